The van der Waals surface area contributed by atoms with E-state index in [0.29, 0.717) is 6.04 Å². The van der Waals surface area contributed by atoms with E-state index < -0.39 is 0 Å². The molecule has 0 bridgehead atoms. The predicted octanol–water partition coefficient (Wildman–Crippen LogP) is 0.420. The van der Waals surface area contributed by atoms with E-state index in [0.717, 1.165) is 32.5 Å². The first kappa shape index (κ1) is 11.9. The number of nitrogens with zero attached hydrogens (tertiary/aromatic N) is 2. The van der Waals surface area contributed by atoms with Gasteiger partial charge in [0.1, 0.15) is 0 Å². The lowest BCUT2D eigenvalue weighted by atomic mass is 10.1. The molecule has 2 rings (SSSR count). The summed E-state index contributed by atoms with van der Waals surface area (Å²) < 4.78 is 0. The van der Waals surface area contributed by atoms with Crippen LogP contribution in [0.25, 0.3) is 0 Å². The van der Waals surface area contributed by atoms with Crippen molar-refractivity contribution in [3.05, 3.63) is 0 Å². The van der Waals surface area contributed by atoms with Crippen molar-refractivity contribution >= 4 is 5.91 Å². The molecule has 0 aromatic carbocycles. The molecule has 0 aliphatic carbocycles. The number of fused-ring (bicyclic) bond motifs is 1. The van der Waals surface area contributed by atoms with Crippen molar-refractivity contribution in [3.63, 3.8) is 0 Å². The molecule has 4 heteroatoms. The molecule has 0 aromatic rings. The van der Waals surface area contributed by atoms with E-state index in [-0.39, 0.29) is 11.9 Å². The third kappa shape index (κ3) is 2.38. The highest BCUT2D eigenvalue weighted by atomic mass is 16.2. The molecule has 1 amide bonds. The Labute approximate surface area is 97.8 Å². The molecule has 16 heavy (non-hydrogen) atoms. The van der Waals surface area contributed by atoms with Crippen LogP contribution in [0, 0.1) is 0 Å². The van der Waals surface area contributed by atoms with E-state index in [1.807, 2.05) is 11.8 Å². The van der Waals surface area contributed by atoms with Crippen molar-refractivity contribution in [2.75, 3.05) is 26.2 Å². The normalized spacial score (nSPS) is 28.6. The zero-order valence-corrected chi connectivity index (χ0v) is 10.2. The average molecular weight is 225 g/mol. The lowest BCUT2D eigenvalue weighted by molar-refractivity contribution is -0.132. The topological polar surface area (TPSA) is 49.6 Å². The van der Waals surface area contributed by atoms with Crippen LogP contribution < -0.4 is 5.73 Å². The Morgan fingerprint density at radius 2 is 2.12 bits per heavy atom. The summed E-state index contributed by atoms with van der Waals surface area (Å²) in [4.78, 5) is 16.6. The Bertz CT molecular complexity index is 257. The van der Waals surface area contributed by atoms with Crippen LogP contribution in [0.1, 0.15) is 32.6 Å². The molecule has 2 aliphatic heterocycles. The quantitative estimate of drug-likeness (QED) is 0.741. The largest absolute Gasteiger partial charge is 0.340 e. The molecule has 4 nitrogen and oxygen atoms in total. The summed E-state index contributed by atoms with van der Waals surface area (Å²) in [5.74, 6) is 0.149. The fourth-order valence-electron chi connectivity index (χ4n) is 2.82. The maximum Gasteiger partial charge on any atom is 0.239 e. The first-order valence-corrected chi connectivity index (χ1v) is 6.50. The molecule has 2 saturated heterocycles. The minimum atomic E-state index is -0.298. The van der Waals surface area contributed by atoms with E-state index in [1.54, 1.807) is 0 Å². The van der Waals surface area contributed by atoms with Gasteiger partial charge in [-0.3, -0.25) is 9.69 Å². The van der Waals surface area contributed by atoms with Crippen LogP contribution in [0.5, 0.6) is 0 Å². The van der Waals surface area contributed by atoms with Crippen LogP contribution in [0.15, 0.2) is 0 Å². The van der Waals surface area contributed by atoms with Crippen LogP contribution in [-0.4, -0.2) is 54.0 Å². The molecule has 2 heterocycles. The highest BCUT2D eigenvalue weighted by Gasteiger charge is 2.31. The van der Waals surface area contributed by atoms with Gasteiger partial charge in [-0.05, 0) is 32.2 Å². The number of rotatable bonds is 2. The van der Waals surface area contributed by atoms with Gasteiger partial charge in [-0.25, -0.2) is 0 Å². The highest BCUT2D eigenvalue weighted by molar-refractivity contribution is 5.81. The number of hydrogen-bond donors (Lipinski definition) is 1. The predicted molar refractivity (Wildman–Crippen MR) is 64.1 cm³/mol. The Morgan fingerprint density at radius 1 is 1.38 bits per heavy atom. The van der Waals surface area contributed by atoms with Crippen molar-refractivity contribution in [3.8, 4) is 0 Å². The van der Waals surface area contributed by atoms with Gasteiger partial charge in [0.05, 0.1) is 6.04 Å². The molecule has 0 radical (unpaired) electrons. The molecule has 2 fully saturated rings. The van der Waals surface area contributed by atoms with Crippen molar-refractivity contribution in [2.45, 2.75) is 44.7 Å². The molecule has 2 N–H and O–H groups in total. The van der Waals surface area contributed by atoms with Crippen LogP contribution >= 0.6 is 0 Å². The summed E-state index contributed by atoms with van der Waals surface area (Å²) in [7, 11) is 0. The van der Waals surface area contributed by atoms with E-state index in [4.69, 9.17) is 5.73 Å². The van der Waals surface area contributed by atoms with Gasteiger partial charge >= 0.3 is 0 Å². The number of nitrogens with two attached hydrogens (primary N) is 1. The monoisotopic (exact) mass is 225 g/mol. The van der Waals surface area contributed by atoms with Crippen LogP contribution in [0.3, 0.4) is 0 Å². The Kier molecular flexibility index (Phi) is 3.82. The third-order valence-electron chi connectivity index (χ3n) is 3.87. The van der Waals surface area contributed by atoms with E-state index in [1.165, 1.54) is 19.4 Å². The second-order valence-corrected chi connectivity index (χ2v) is 4.98. The summed E-state index contributed by atoms with van der Waals surface area (Å²) >= 11 is 0. The smallest absolute Gasteiger partial charge is 0.239 e. The van der Waals surface area contributed by atoms with Crippen LogP contribution in [0.2, 0.25) is 0 Å². The first-order valence-electron chi connectivity index (χ1n) is 6.50. The van der Waals surface area contributed by atoms with Gasteiger partial charge in [0.15, 0.2) is 0 Å². The number of hydrogen-bond acceptors (Lipinski definition) is 3. The lowest BCUT2D eigenvalue weighted by Crippen LogP contribution is -2.46. The molecular formula is C12H23N3O. The van der Waals surface area contributed by atoms with Gasteiger partial charge < -0.3 is 10.6 Å². The van der Waals surface area contributed by atoms with Gasteiger partial charge in [0.2, 0.25) is 5.91 Å². The van der Waals surface area contributed by atoms with Gasteiger partial charge in [-0.1, -0.05) is 6.92 Å². The Balaban J connectivity index is 1.97. The number of amides is 1. The highest BCUT2D eigenvalue weighted by Crippen LogP contribution is 2.21. The minimum Gasteiger partial charge on any atom is -0.340 e. The first-order chi connectivity index (χ1) is 7.72. The molecule has 0 saturated carbocycles. The van der Waals surface area contributed by atoms with Gasteiger partial charge in [-0.2, -0.15) is 0 Å². The lowest BCUT2D eigenvalue weighted by Gasteiger charge is -2.27. The average Bonchev–Trinajstić information content (AvgIpc) is 2.64. The number of carbonyl (C=O) groups is 1. The molecule has 2 unspecified atom stereocenters. The Hall–Kier alpha value is -0.610. The molecule has 0 spiro atoms. The van der Waals surface area contributed by atoms with Crippen molar-refractivity contribution in [1.29, 1.82) is 0 Å². The fraction of sp³-hybridized carbons (Fsp3) is 0.917. The van der Waals surface area contributed by atoms with Crippen molar-refractivity contribution in [2.24, 2.45) is 5.73 Å². The summed E-state index contributed by atoms with van der Waals surface area (Å²) in [5.41, 5.74) is 5.83. The van der Waals surface area contributed by atoms with Gasteiger partial charge in [0.25, 0.3) is 0 Å². The maximum atomic E-state index is 12.1. The molecule has 2 atom stereocenters. The molecule has 92 valence electrons. The zero-order chi connectivity index (χ0) is 11.5. The minimum absolute atomic E-state index is 0.149. The van der Waals surface area contributed by atoms with Crippen LogP contribution in [0.4, 0.5) is 0 Å². The number of carbonyl (C=O) groups excluding carboxylic acids is 1. The van der Waals surface area contributed by atoms with Crippen molar-refractivity contribution < 1.29 is 4.79 Å². The van der Waals surface area contributed by atoms with Crippen LogP contribution in [-0.2, 0) is 4.79 Å². The zero-order valence-electron chi connectivity index (χ0n) is 10.2. The maximum absolute atomic E-state index is 12.1. The van der Waals surface area contributed by atoms with E-state index >= 15 is 0 Å². The van der Waals surface area contributed by atoms with Gasteiger partial charge in [-0.15, -0.1) is 0 Å². The second-order valence-electron chi connectivity index (χ2n) is 4.98. The molecular weight excluding hydrogens is 202 g/mol. The standard InChI is InChI=1S/C12H23N3O/c1-2-11(13)12(16)15-8-4-7-14-6-3-5-10(14)9-15/h10-11H,2-9,13H2,1H3. The van der Waals surface area contributed by atoms with Crippen molar-refractivity contribution in [1.82, 2.24) is 9.80 Å². The second kappa shape index (κ2) is 5.15. The fourth-order valence-corrected chi connectivity index (χ4v) is 2.82. The van der Waals surface area contributed by atoms with E-state index in [2.05, 4.69) is 4.90 Å². The van der Waals surface area contributed by atoms with Gasteiger partial charge in [0, 0.05) is 25.7 Å². The summed E-state index contributed by atoms with van der Waals surface area (Å²) in [6, 6.07) is 0.295. The Morgan fingerprint density at radius 3 is 2.88 bits per heavy atom. The summed E-state index contributed by atoms with van der Waals surface area (Å²) in [5, 5.41) is 0. The SMILES string of the molecule is CCC(N)C(=O)N1CCCN2CCCC2C1. The molecule has 0 aromatic heterocycles. The summed E-state index contributed by atoms with van der Waals surface area (Å²) in [6.07, 6.45) is 4.36. The third-order valence-corrected chi connectivity index (χ3v) is 3.87. The van der Waals surface area contributed by atoms with E-state index in [9.17, 15) is 4.79 Å². The molecule has 2 aliphatic rings. The summed E-state index contributed by atoms with van der Waals surface area (Å²) in [6.45, 7) is 6.12.